The predicted octanol–water partition coefficient (Wildman–Crippen LogP) is 2.78. The van der Waals surface area contributed by atoms with Crippen molar-refractivity contribution in [2.45, 2.75) is 32.2 Å². The van der Waals surface area contributed by atoms with E-state index in [1.54, 1.807) is 0 Å². The molecule has 1 aromatic carbocycles. The van der Waals surface area contributed by atoms with E-state index in [4.69, 9.17) is 10.00 Å². The average molecular weight is 295 g/mol. The van der Waals surface area contributed by atoms with E-state index in [2.05, 4.69) is 11.4 Å². The maximum absolute atomic E-state index is 13.4. The lowest BCUT2D eigenvalue weighted by Crippen LogP contribution is -2.40. The molecule has 1 rings (SSSR count). The Morgan fingerprint density at radius 3 is 2.81 bits per heavy atom. The van der Waals surface area contributed by atoms with Gasteiger partial charge in [0.25, 0.3) is 0 Å². The number of hydrogen-bond acceptors (Lipinski definition) is 5. The van der Waals surface area contributed by atoms with Crippen molar-refractivity contribution in [1.29, 1.82) is 5.26 Å². The molecule has 0 fully saturated rings. The number of ether oxygens (including phenoxy) is 1. The Hall–Kier alpha value is -2.20. The minimum Gasteiger partial charge on any atom is -0.493 e. The molecule has 7 heteroatoms. The molecule has 0 aliphatic heterocycles. The van der Waals surface area contributed by atoms with Gasteiger partial charge < -0.3 is 4.74 Å². The summed E-state index contributed by atoms with van der Waals surface area (Å²) >= 11 is 0. The van der Waals surface area contributed by atoms with Crippen molar-refractivity contribution in [3.05, 3.63) is 34.1 Å². The molecule has 0 amide bonds. The fraction of sp³-hybridized carbons (Fsp3) is 0.500. The van der Waals surface area contributed by atoms with Gasteiger partial charge >= 0.3 is 5.69 Å². The van der Waals surface area contributed by atoms with Crippen molar-refractivity contribution < 1.29 is 14.1 Å². The predicted molar refractivity (Wildman–Crippen MR) is 75.5 cm³/mol. The molecule has 0 aliphatic rings. The summed E-state index contributed by atoms with van der Waals surface area (Å²) in [6.07, 6.45) is 1.20. The summed E-state index contributed by atoms with van der Waals surface area (Å²) < 4.78 is 18.7. The molecule has 0 aromatic heterocycles. The van der Waals surface area contributed by atoms with Gasteiger partial charge in [-0.2, -0.15) is 9.65 Å². The molecular formula is C14H18FN3O3. The van der Waals surface area contributed by atoms with Gasteiger partial charge in [-0.1, -0.05) is 6.92 Å². The number of nitriles is 1. The van der Waals surface area contributed by atoms with Crippen LogP contribution in [0.2, 0.25) is 0 Å². The van der Waals surface area contributed by atoms with Gasteiger partial charge in [0.05, 0.1) is 17.6 Å². The van der Waals surface area contributed by atoms with E-state index in [9.17, 15) is 14.5 Å². The van der Waals surface area contributed by atoms with Crippen molar-refractivity contribution >= 4 is 5.69 Å². The van der Waals surface area contributed by atoms with Crippen LogP contribution in [0.3, 0.4) is 0 Å². The first kappa shape index (κ1) is 16.9. The zero-order valence-corrected chi connectivity index (χ0v) is 12.1. The normalized spacial score (nSPS) is 13.2. The minimum atomic E-state index is -0.924. The third-order valence-corrected chi connectivity index (χ3v) is 3.02. The number of nitro groups is 1. The second-order valence-corrected chi connectivity index (χ2v) is 4.80. The highest BCUT2D eigenvalue weighted by Crippen LogP contribution is 2.22. The van der Waals surface area contributed by atoms with Crippen LogP contribution in [-0.2, 0) is 0 Å². The van der Waals surface area contributed by atoms with E-state index >= 15 is 0 Å². The summed E-state index contributed by atoms with van der Waals surface area (Å²) in [6.45, 7) is 4.73. The largest absolute Gasteiger partial charge is 0.493 e. The number of halogens is 1. The number of hydrogen-bond donors (Lipinski definition) is 1. The summed E-state index contributed by atoms with van der Waals surface area (Å²) in [5.74, 6) is -0.688. The second kappa shape index (κ2) is 7.55. The summed E-state index contributed by atoms with van der Waals surface area (Å²) in [6, 6.07) is 5.63. The lowest BCUT2D eigenvalue weighted by atomic mass is 9.98. The molecule has 1 aromatic rings. The van der Waals surface area contributed by atoms with Crippen LogP contribution in [0.25, 0.3) is 0 Å². The minimum absolute atomic E-state index is 0.236. The fourth-order valence-electron chi connectivity index (χ4n) is 1.92. The molecule has 1 atom stereocenters. The van der Waals surface area contributed by atoms with Crippen LogP contribution >= 0.6 is 0 Å². The van der Waals surface area contributed by atoms with Gasteiger partial charge in [0.15, 0.2) is 0 Å². The maximum atomic E-state index is 13.4. The number of nitro benzene ring substituents is 1. The molecule has 0 spiro atoms. The topological polar surface area (TPSA) is 88.2 Å². The summed E-state index contributed by atoms with van der Waals surface area (Å²) in [4.78, 5) is 9.70. The van der Waals surface area contributed by atoms with Crippen LogP contribution in [0.5, 0.6) is 5.75 Å². The Morgan fingerprint density at radius 2 is 2.29 bits per heavy atom. The Kier molecular flexibility index (Phi) is 6.06. The molecule has 0 saturated heterocycles. The smallest absolute Gasteiger partial charge is 0.305 e. The third kappa shape index (κ3) is 5.00. The van der Waals surface area contributed by atoms with Crippen LogP contribution in [-0.4, -0.2) is 23.6 Å². The van der Waals surface area contributed by atoms with E-state index in [-0.39, 0.29) is 5.75 Å². The molecule has 1 unspecified atom stereocenters. The van der Waals surface area contributed by atoms with Gasteiger partial charge in [-0.3, -0.25) is 15.4 Å². The van der Waals surface area contributed by atoms with Gasteiger partial charge in [0, 0.05) is 12.1 Å². The lowest BCUT2D eigenvalue weighted by Gasteiger charge is -2.22. The number of rotatable bonds is 8. The molecule has 0 saturated carbocycles. The fourth-order valence-corrected chi connectivity index (χ4v) is 1.92. The molecule has 0 bridgehead atoms. The molecule has 0 aliphatic carbocycles. The molecule has 0 radical (unpaired) electrons. The molecule has 6 nitrogen and oxygen atoms in total. The van der Waals surface area contributed by atoms with E-state index in [0.29, 0.717) is 26.0 Å². The third-order valence-electron chi connectivity index (χ3n) is 3.02. The van der Waals surface area contributed by atoms with Crippen LogP contribution < -0.4 is 10.1 Å². The lowest BCUT2D eigenvalue weighted by molar-refractivity contribution is -0.387. The van der Waals surface area contributed by atoms with Crippen LogP contribution in [0.1, 0.15) is 26.7 Å². The van der Waals surface area contributed by atoms with E-state index < -0.39 is 22.0 Å². The number of nitrogens with zero attached hydrogens (tertiary/aromatic N) is 2. The van der Waals surface area contributed by atoms with Crippen LogP contribution in [0.4, 0.5) is 10.1 Å². The van der Waals surface area contributed by atoms with Crippen LogP contribution in [0, 0.1) is 27.3 Å². The quantitative estimate of drug-likeness (QED) is 0.452. The highest BCUT2D eigenvalue weighted by atomic mass is 19.1. The van der Waals surface area contributed by atoms with Crippen LogP contribution in [0.15, 0.2) is 18.2 Å². The monoisotopic (exact) mass is 295 g/mol. The standard InChI is InChI=1S/C14H18FN3O3/c1-3-17-14(2,10-16)7-4-8-21-11-5-6-13(18(19)20)12(15)9-11/h5-6,9,17H,3-4,7-8H2,1-2H3. The van der Waals surface area contributed by atoms with Gasteiger partial charge in [0.2, 0.25) is 5.82 Å². The average Bonchev–Trinajstić information content (AvgIpc) is 2.43. The maximum Gasteiger partial charge on any atom is 0.305 e. The molecular weight excluding hydrogens is 277 g/mol. The Labute approximate surface area is 122 Å². The van der Waals surface area contributed by atoms with Crippen molar-refractivity contribution in [2.75, 3.05) is 13.2 Å². The first-order valence-corrected chi connectivity index (χ1v) is 6.65. The highest BCUT2D eigenvalue weighted by molar-refractivity contribution is 5.37. The molecule has 21 heavy (non-hydrogen) atoms. The molecule has 114 valence electrons. The highest BCUT2D eigenvalue weighted by Gasteiger charge is 2.21. The Bertz CT molecular complexity index is 545. The zero-order valence-electron chi connectivity index (χ0n) is 12.1. The Balaban J connectivity index is 2.48. The van der Waals surface area contributed by atoms with Gasteiger partial charge in [-0.15, -0.1) is 0 Å². The SMILES string of the molecule is CCNC(C)(C#N)CCCOc1ccc([N+](=O)[O-])c(F)c1. The van der Waals surface area contributed by atoms with Crippen molar-refractivity contribution in [3.8, 4) is 11.8 Å². The van der Waals surface area contributed by atoms with Gasteiger partial charge in [-0.05, 0) is 32.4 Å². The van der Waals surface area contributed by atoms with E-state index in [0.717, 1.165) is 12.1 Å². The van der Waals surface area contributed by atoms with Crippen molar-refractivity contribution in [1.82, 2.24) is 5.32 Å². The summed E-state index contributed by atoms with van der Waals surface area (Å²) in [7, 11) is 0. The van der Waals surface area contributed by atoms with Gasteiger partial charge in [-0.25, -0.2) is 0 Å². The van der Waals surface area contributed by atoms with Gasteiger partial charge in [0.1, 0.15) is 11.3 Å². The second-order valence-electron chi connectivity index (χ2n) is 4.80. The first-order chi connectivity index (χ1) is 9.91. The summed E-state index contributed by atoms with van der Waals surface area (Å²) in [5.41, 5.74) is -1.19. The van der Waals surface area contributed by atoms with E-state index in [1.807, 2.05) is 13.8 Å². The zero-order chi connectivity index (χ0) is 15.9. The first-order valence-electron chi connectivity index (χ1n) is 6.65. The Morgan fingerprint density at radius 1 is 1.57 bits per heavy atom. The molecule has 1 N–H and O–H groups in total. The number of nitrogens with one attached hydrogen (secondary N) is 1. The van der Waals surface area contributed by atoms with E-state index in [1.165, 1.54) is 6.07 Å². The number of benzene rings is 1. The molecule has 0 heterocycles. The summed E-state index contributed by atoms with van der Waals surface area (Å²) in [5, 5.41) is 22.7. The van der Waals surface area contributed by atoms with Crippen molar-refractivity contribution in [3.63, 3.8) is 0 Å². The van der Waals surface area contributed by atoms with Crippen molar-refractivity contribution in [2.24, 2.45) is 0 Å².